The van der Waals surface area contributed by atoms with E-state index in [1.54, 1.807) is 6.07 Å². The number of amides is 1. The van der Waals surface area contributed by atoms with E-state index in [1.807, 2.05) is 19.0 Å². The predicted octanol–water partition coefficient (Wildman–Crippen LogP) is 1.37. The normalized spacial score (nSPS) is 16.1. The molecule has 1 amide bonds. The number of rotatable bonds is 5. The Labute approximate surface area is 141 Å². The van der Waals surface area contributed by atoms with Crippen LogP contribution in [0.5, 0.6) is 0 Å². The van der Waals surface area contributed by atoms with Crippen LogP contribution in [0.4, 0.5) is 0 Å². The van der Waals surface area contributed by atoms with Crippen molar-refractivity contribution in [3.63, 3.8) is 0 Å². The van der Waals surface area contributed by atoms with Crippen molar-refractivity contribution in [2.75, 3.05) is 27.2 Å². The first-order valence-corrected chi connectivity index (χ1v) is 8.36. The molecule has 0 bridgehead atoms. The molecule has 3 rings (SSSR count). The molecule has 0 atom stereocenters. The Morgan fingerprint density at radius 1 is 1.33 bits per heavy atom. The van der Waals surface area contributed by atoms with Crippen LogP contribution in [0.25, 0.3) is 0 Å². The monoisotopic (exact) mass is 332 g/mol. The number of carbonyl (C=O) groups is 1. The lowest BCUT2D eigenvalue weighted by atomic mass is 9.95. The molecular weight excluding hydrogens is 308 g/mol. The molecule has 0 aliphatic carbocycles. The molecule has 0 unspecified atom stereocenters. The first-order valence-electron chi connectivity index (χ1n) is 8.36. The standard InChI is InChI=1S/C16H24N6O2/c1-4-22-14(11-20(2)3)17-18-15(22)12-5-8-21(9-6-12)16(23)13-7-10-24-19-13/h7,10,12H,4-6,8-9,11H2,1-3H3. The van der Waals surface area contributed by atoms with Gasteiger partial charge in [0.05, 0.1) is 6.54 Å². The van der Waals surface area contributed by atoms with Gasteiger partial charge in [0, 0.05) is 31.6 Å². The molecular formula is C16H24N6O2. The van der Waals surface area contributed by atoms with Crippen LogP contribution in [0.1, 0.15) is 47.8 Å². The summed E-state index contributed by atoms with van der Waals surface area (Å²) in [6, 6.07) is 1.61. The van der Waals surface area contributed by atoms with Gasteiger partial charge in [0.25, 0.3) is 5.91 Å². The fourth-order valence-corrected chi connectivity index (χ4v) is 3.22. The van der Waals surface area contributed by atoms with Gasteiger partial charge in [-0.15, -0.1) is 10.2 Å². The highest BCUT2D eigenvalue weighted by molar-refractivity contribution is 5.92. The van der Waals surface area contributed by atoms with Crippen molar-refractivity contribution in [2.24, 2.45) is 0 Å². The van der Waals surface area contributed by atoms with Gasteiger partial charge in [0.2, 0.25) is 0 Å². The largest absolute Gasteiger partial charge is 0.364 e. The van der Waals surface area contributed by atoms with Crippen LogP contribution in [-0.4, -0.2) is 62.8 Å². The van der Waals surface area contributed by atoms with Gasteiger partial charge in [0.1, 0.15) is 17.9 Å². The molecule has 8 heteroatoms. The van der Waals surface area contributed by atoms with Gasteiger partial charge in [-0.3, -0.25) is 4.79 Å². The van der Waals surface area contributed by atoms with Crippen LogP contribution in [0.3, 0.4) is 0 Å². The lowest BCUT2D eigenvalue weighted by molar-refractivity contribution is 0.0699. The molecule has 0 N–H and O–H groups in total. The number of hydrogen-bond donors (Lipinski definition) is 0. The number of hydrogen-bond acceptors (Lipinski definition) is 6. The van der Waals surface area contributed by atoms with Gasteiger partial charge >= 0.3 is 0 Å². The van der Waals surface area contributed by atoms with Crippen LogP contribution in [0, 0.1) is 0 Å². The van der Waals surface area contributed by atoms with E-state index in [4.69, 9.17) is 4.52 Å². The highest BCUT2D eigenvalue weighted by Crippen LogP contribution is 2.28. The van der Waals surface area contributed by atoms with E-state index in [-0.39, 0.29) is 5.91 Å². The third kappa shape index (κ3) is 3.33. The Morgan fingerprint density at radius 2 is 2.08 bits per heavy atom. The van der Waals surface area contributed by atoms with Crippen molar-refractivity contribution >= 4 is 5.91 Å². The summed E-state index contributed by atoms with van der Waals surface area (Å²) in [5.41, 5.74) is 0.374. The maximum atomic E-state index is 12.3. The molecule has 0 spiro atoms. The van der Waals surface area contributed by atoms with Gasteiger partial charge in [-0.2, -0.15) is 0 Å². The number of aromatic nitrogens is 4. The van der Waals surface area contributed by atoms with Crippen molar-refractivity contribution in [1.29, 1.82) is 0 Å². The zero-order chi connectivity index (χ0) is 17.1. The van der Waals surface area contributed by atoms with Crippen LogP contribution < -0.4 is 0 Å². The third-order valence-corrected chi connectivity index (χ3v) is 4.43. The SMILES string of the molecule is CCn1c(CN(C)C)nnc1C1CCN(C(=O)c2ccon2)CC1. The summed E-state index contributed by atoms with van der Waals surface area (Å²) < 4.78 is 6.97. The summed E-state index contributed by atoms with van der Waals surface area (Å²) in [6.45, 7) is 5.18. The lowest BCUT2D eigenvalue weighted by Crippen LogP contribution is -2.38. The first kappa shape index (κ1) is 16.6. The van der Waals surface area contributed by atoms with Gasteiger partial charge < -0.3 is 18.9 Å². The third-order valence-electron chi connectivity index (χ3n) is 4.43. The van der Waals surface area contributed by atoms with E-state index in [1.165, 1.54) is 6.26 Å². The number of nitrogens with zero attached hydrogens (tertiary/aromatic N) is 6. The first-order chi connectivity index (χ1) is 11.6. The molecule has 1 fully saturated rings. The highest BCUT2D eigenvalue weighted by atomic mass is 16.5. The topological polar surface area (TPSA) is 80.3 Å². The molecule has 0 saturated carbocycles. The van der Waals surface area contributed by atoms with E-state index in [9.17, 15) is 4.79 Å². The fraction of sp³-hybridized carbons (Fsp3) is 0.625. The maximum absolute atomic E-state index is 12.3. The van der Waals surface area contributed by atoms with E-state index in [0.717, 1.165) is 37.6 Å². The smallest absolute Gasteiger partial charge is 0.276 e. The Kier molecular flexibility index (Phi) is 4.94. The average Bonchev–Trinajstić information content (AvgIpc) is 3.23. The molecule has 8 nitrogen and oxygen atoms in total. The molecule has 1 aliphatic heterocycles. The molecule has 0 radical (unpaired) electrons. The van der Waals surface area contributed by atoms with Gasteiger partial charge in [0.15, 0.2) is 5.69 Å². The summed E-state index contributed by atoms with van der Waals surface area (Å²) >= 11 is 0. The Hall–Kier alpha value is -2.22. The minimum absolute atomic E-state index is 0.0625. The van der Waals surface area contributed by atoms with Gasteiger partial charge in [-0.1, -0.05) is 5.16 Å². The fourth-order valence-electron chi connectivity index (χ4n) is 3.22. The average molecular weight is 332 g/mol. The molecule has 24 heavy (non-hydrogen) atoms. The Balaban J connectivity index is 1.66. The molecule has 130 valence electrons. The molecule has 1 aliphatic rings. The van der Waals surface area contributed by atoms with Gasteiger partial charge in [-0.25, -0.2) is 0 Å². The van der Waals surface area contributed by atoms with E-state index < -0.39 is 0 Å². The van der Waals surface area contributed by atoms with E-state index in [0.29, 0.717) is 24.7 Å². The number of likely N-dealkylation sites (tertiary alicyclic amines) is 1. The van der Waals surface area contributed by atoms with E-state index >= 15 is 0 Å². The number of carbonyl (C=O) groups excluding carboxylic acids is 1. The van der Waals surface area contributed by atoms with Crippen LogP contribution in [0.2, 0.25) is 0 Å². The molecule has 0 aromatic carbocycles. The lowest BCUT2D eigenvalue weighted by Gasteiger charge is -2.31. The minimum Gasteiger partial charge on any atom is -0.364 e. The van der Waals surface area contributed by atoms with Crippen LogP contribution >= 0.6 is 0 Å². The molecule has 1 saturated heterocycles. The summed E-state index contributed by atoms with van der Waals surface area (Å²) in [5.74, 6) is 2.32. The second kappa shape index (κ2) is 7.12. The molecule has 2 aromatic heterocycles. The summed E-state index contributed by atoms with van der Waals surface area (Å²) in [5, 5.41) is 12.5. The van der Waals surface area contributed by atoms with Crippen molar-refractivity contribution in [3.8, 4) is 0 Å². The maximum Gasteiger partial charge on any atom is 0.276 e. The van der Waals surface area contributed by atoms with Crippen molar-refractivity contribution in [1.82, 2.24) is 29.7 Å². The highest BCUT2D eigenvalue weighted by Gasteiger charge is 2.29. The zero-order valence-electron chi connectivity index (χ0n) is 14.5. The summed E-state index contributed by atoms with van der Waals surface area (Å²) in [7, 11) is 4.06. The summed E-state index contributed by atoms with van der Waals surface area (Å²) in [4.78, 5) is 16.2. The second-order valence-electron chi connectivity index (χ2n) is 6.41. The second-order valence-corrected chi connectivity index (χ2v) is 6.41. The van der Waals surface area contributed by atoms with Gasteiger partial charge in [-0.05, 0) is 33.9 Å². The Morgan fingerprint density at radius 3 is 2.67 bits per heavy atom. The van der Waals surface area contributed by atoms with Crippen molar-refractivity contribution in [2.45, 2.75) is 38.8 Å². The minimum atomic E-state index is -0.0625. The van der Waals surface area contributed by atoms with E-state index in [2.05, 4.69) is 31.7 Å². The molecule has 3 heterocycles. The predicted molar refractivity (Wildman–Crippen MR) is 87.5 cm³/mol. The quantitative estimate of drug-likeness (QED) is 0.822. The van der Waals surface area contributed by atoms with Crippen molar-refractivity contribution in [3.05, 3.63) is 29.7 Å². The van der Waals surface area contributed by atoms with Crippen LogP contribution in [0.15, 0.2) is 16.9 Å². The number of piperidine rings is 1. The van der Waals surface area contributed by atoms with Crippen molar-refractivity contribution < 1.29 is 9.32 Å². The van der Waals surface area contributed by atoms with Crippen LogP contribution in [-0.2, 0) is 13.1 Å². The summed E-state index contributed by atoms with van der Waals surface area (Å²) in [6.07, 6.45) is 3.21. The molecule has 2 aromatic rings. The Bertz CT molecular complexity index is 671. The zero-order valence-corrected chi connectivity index (χ0v) is 14.5.